The molecule has 5 heteroatoms. The van der Waals surface area contributed by atoms with Crippen LogP contribution in [0.5, 0.6) is 0 Å². The lowest BCUT2D eigenvalue weighted by atomic mass is 9.94. The second kappa shape index (κ2) is 4.90. The number of anilines is 1. The van der Waals surface area contributed by atoms with E-state index in [2.05, 4.69) is 26.2 Å². The Morgan fingerprint density at radius 3 is 3.00 bits per heavy atom. The highest BCUT2D eigenvalue weighted by atomic mass is 79.9. The first kappa shape index (κ1) is 12.8. The molecule has 1 aromatic rings. The van der Waals surface area contributed by atoms with E-state index in [0.29, 0.717) is 16.9 Å². The van der Waals surface area contributed by atoms with Crippen LogP contribution in [0.4, 0.5) is 10.2 Å². The van der Waals surface area contributed by atoms with Crippen LogP contribution in [0, 0.1) is 5.82 Å². The Bertz CT molecular complexity index is 411. The molecule has 0 aliphatic carbocycles. The normalized spacial score (nSPS) is 23.4. The summed E-state index contributed by atoms with van der Waals surface area (Å²) < 4.78 is 19.9. The van der Waals surface area contributed by atoms with Gasteiger partial charge < -0.3 is 10.1 Å². The minimum atomic E-state index is -0.330. The van der Waals surface area contributed by atoms with Gasteiger partial charge in [0.2, 0.25) is 0 Å². The monoisotopic (exact) mass is 302 g/mol. The summed E-state index contributed by atoms with van der Waals surface area (Å²) >= 11 is 3.19. The number of hydrogen-bond acceptors (Lipinski definition) is 3. The fourth-order valence-electron chi connectivity index (χ4n) is 2.07. The van der Waals surface area contributed by atoms with Crippen molar-refractivity contribution in [3.05, 3.63) is 22.6 Å². The fourth-order valence-corrected chi connectivity index (χ4v) is 2.37. The molecule has 1 saturated heterocycles. The Hall–Kier alpha value is -0.680. The molecule has 0 bridgehead atoms. The molecule has 1 aliphatic heterocycles. The van der Waals surface area contributed by atoms with Crippen molar-refractivity contribution < 1.29 is 9.13 Å². The van der Waals surface area contributed by atoms with Crippen molar-refractivity contribution in [2.24, 2.45) is 0 Å². The van der Waals surface area contributed by atoms with Crippen LogP contribution in [0.1, 0.15) is 26.7 Å². The quantitative estimate of drug-likeness (QED) is 0.910. The topological polar surface area (TPSA) is 34.2 Å². The van der Waals surface area contributed by atoms with Crippen LogP contribution in [0.25, 0.3) is 0 Å². The predicted molar refractivity (Wildman–Crippen MR) is 68.6 cm³/mol. The number of ether oxygens (including phenoxy) is 1. The van der Waals surface area contributed by atoms with Gasteiger partial charge >= 0.3 is 0 Å². The van der Waals surface area contributed by atoms with E-state index >= 15 is 0 Å². The molecule has 0 spiro atoms. The van der Waals surface area contributed by atoms with E-state index < -0.39 is 0 Å². The average Bonchev–Trinajstić information content (AvgIpc) is 2.21. The first-order valence-corrected chi connectivity index (χ1v) is 6.47. The number of halogens is 2. The largest absolute Gasteiger partial charge is 0.375 e. The zero-order valence-corrected chi connectivity index (χ0v) is 11.6. The highest BCUT2D eigenvalue weighted by Crippen LogP contribution is 2.27. The van der Waals surface area contributed by atoms with E-state index in [9.17, 15) is 4.39 Å². The Labute approximate surface area is 109 Å². The molecule has 2 heterocycles. The Kier molecular flexibility index (Phi) is 3.68. The van der Waals surface area contributed by atoms with Crippen molar-refractivity contribution in [3.8, 4) is 0 Å². The second-order valence-corrected chi connectivity index (χ2v) is 5.84. The molecule has 94 valence electrons. The molecule has 17 heavy (non-hydrogen) atoms. The van der Waals surface area contributed by atoms with Crippen molar-refractivity contribution in [2.45, 2.75) is 38.3 Å². The van der Waals surface area contributed by atoms with Gasteiger partial charge in [-0.3, -0.25) is 0 Å². The minimum absolute atomic E-state index is 0.151. The zero-order valence-electron chi connectivity index (χ0n) is 9.96. The lowest BCUT2D eigenvalue weighted by molar-refractivity contribution is -0.0553. The Morgan fingerprint density at radius 1 is 1.59 bits per heavy atom. The number of nitrogens with one attached hydrogen (secondary N) is 1. The molecule has 0 amide bonds. The zero-order chi connectivity index (χ0) is 12.5. The summed E-state index contributed by atoms with van der Waals surface area (Å²) in [5.41, 5.74) is -0.151. The lowest BCUT2D eigenvalue weighted by Crippen LogP contribution is -2.40. The number of aromatic nitrogens is 1. The van der Waals surface area contributed by atoms with Gasteiger partial charge in [0.1, 0.15) is 0 Å². The average molecular weight is 303 g/mol. The van der Waals surface area contributed by atoms with Crippen LogP contribution in [0.2, 0.25) is 0 Å². The van der Waals surface area contributed by atoms with Crippen LogP contribution in [-0.4, -0.2) is 23.2 Å². The van der Waals surface area contributed by atoms with Gasteiger partial charge in [-0.1, -0.05) is 0 Å². The summed E-state index contributed by atoms with van der Waals surface area (Å²) in [6, 6.07) is 1.63. The first-order chi connectivity index (χ1) is 7.96. The van der Waals surface area contributed by atoms with Gasteiger partial charge in [0.25, 0.3) is 0 Å². The number of pyridine rings is 1. The maximum Gasteiger partial charge on any atom is 0.166 e. The smallest absolute Gasteiger partial charge is 0.166 e. The van der Waals surface area contributed by atoms with Crippen LogP contribution in [0.15, 0.2) is 16.7 Å². The molecule has 0 saturated carbocycles. The molecule has 0 radical (unpaired) electrons. The first-order valence-electron chi connectivity index (χ1n) is 5.68. The summed E-state index contributed by atoms with van der Waals surface area (Å²) in [5.74, 6) is -0.0143. The SMILES string of the molecule is CC1(C)CC(Nc2ncc(Br)cc2F)CCO1. The van der Waals surface area contributed by atoms with E-state index in [1.165, 1.54) is 6.07 Å². The van der Waals surface area contributed by atoms with E-state index in [1.807, 2.05) is 13.8 Å². The van der Waals surface area contributed by atoms with Crippen molar-refractivity contribution in [1.82, 2.24) is 4.98 Å². The minimum Gasteiger partial charge on any atom is -0.375 e. The third-order valence-electron chi connectivity index (χ3n) is 2.85. The van der Waals surface area contributed by atoms with E-state index in [1.54, 1.807) is 6.20 Å². The molecule has 0 aromatic carbocycles. The van der Waals surface area contributed by atoms with Crippen molar-refractivity contribution in [1.29, 1.82) is 0 Å². The standard InChI is InChI=1S/C12H16BrFN2O/c1-12(2)6-9(3-4-17-12)16-11-10(14)5-8(13)7-15-11/h5,7,9H,3-4,6H2,1-2H3,(H,15,16). The van der Waals surface area contributed by atoms with E-state index in [4.69, 9.17) is 4.74 Å². The molecule has 1 aromatic heterocycles. The molecule has 1 unspecified atom stereocenters. The Balaban J connectivity index is 2.05. The van der Waals surface area contributed by atoms with Crippen LogP contribution in [-0.2, 0) is 4.74 Å². The third kappa shape index (κ3) is 3.39. The maximum atomic E-state index is 13.6. The summed E-state index contributed by atoms with van der Waals surface area (Å²) in [7, 11) is 0. The molecule has 1 N–H and O–H groups in total. The van der Waals surface area contributed by atoms with E-state index in [0.717, 1.165) is 12.8 Å². The van der Waals surface area contributed by atoms with Crippen LogP contribution < -0.4 is 5.32 Å². The molecule has 3 nitrogen and oxygen atoms in total. The lowest BCUT2D eigenvalue weighted by Gasteiger charge is -2.36. The van der Waals surface area contributed by atoms with Crippen molar-refractivity contribution in [2.75, 3.05) is 11.9 Å². The van der Waals surface area contributed by atoms with Crippen molar-refractivity contribution >= 4 is 21.7 Å². The molecule has 2 rings (SSSR count). The number of hydrogen-bond donors (Lipinski definition) is 1. The fraction of sp³-hybridized carbons (Fsp3) is 0.583. The predicted octanol–water partition coefficient (Wildman–Crippen LogP) is 3.35. The van der Waals surface area contributed by atoms with Crippen LogP contribution >= 0.6 is 15.9 Å². The maximum absolute atomic E-state index is 13.6. The summed E-state index contributed by atoms with van der Waals surface area (Å²) in [6.45, 7) is 4.79. The van der Waals surface area contributed by atoms with E-state index in [-0.39, 0.29) is 17.5 Å². The summed E-state index contributed by atoms with van der Waals surface area (Å²) in [5, 5.41) is 3.15. The van der Waals surface area contributed by atoms with Gasteiger partial charge in [-0.25, -0.2) is 9.37 Å². The molecular weight excluding hydrogens is 287 g/mol. The summed E-state index contributed by atoms with van der Waals surface area (Å²) in [4.78, 5) is 4.05. The number of nitrogens with zero attached hydrogens (tertiary/aromatic N) is 1. The van der Waals surface area contributed by atoms with Gasteiger partial charge in [-0.05, 0) is 48.7 Å². The van der Waals surface area contributed by atoms with Gasteiger partial charge in [-0.15, -0.1) is 0 Å². The van der Waals surface area contributed by atoms with Crippen LogP contribution in [0.3, 0.4) is 0 Å². The molecule has 1 atom stereocenters. The van der Waals surface area contributed by atoms with Gasteiger partial charge in [0, 0.05) is 23.3 Å². The second-order valence-electron chi connectivity index (χ2n) is 4.93. The van der Waals surface area contributed by atoms with Gasteiger partial charge in [-0.2, -0.15) is 0 Å². The molecule has 1 aliphatic rings. The summed E-state index contributed by atoms with van der Waals surface area (Å²) in [6.07, 6.45) is 3.32. The molecular formula is C12H16BrFN2O. The number of rotatable bonds is 2. The van der Waals surface area contributed by atoms with Crippen molar-refractivity contribution in [3.63, 3.8) is 0 Å². The Morgan fingerprint density at radius 2 is 2.35 bits per heavy atom. The third-order valence-corrected chi connectivity index (χ3v) is 3.28. The highest BCUT2D eigenvalue weighted by molar-refractivity contribution is 9.10. The highest BCUT2D eigenvalue weighted by Gasteiger charge is 2.29. The van der Waals surface area contributed by atoms with Gasteiger partial charge in [0.15, 0.2) is 11.6 Å². The van der Waals surface area contributed by atoms with Gasteiger partial charge in [0.05, 0.1) is 5.60 Å². The molecule has 1 fully saturated rings.